The van der Waals surface area contributed by atoms with E-state index in [4.69, 9.17) is 9.63 Å². The molecule has 8 heteroatoms. The summed E-state index contributed by atoms with van der Waals surface area (Å²) in [6.07, 6.45) is 5.71. The molecule has 0 aliphatic heterocycles. The van der Waals surface area contributed by atoms with Gasteiger partial charge in [-0.2, -0.15) is 0 Å². The molecule has 0 spiro atoms. The molecule has 0 aliphatic carbocycles. The van der Waals surface area contributed by atoms with Crippen LogP contribution in [0.1, 0.15) is 48.8 Å². The van der Waals surface area contributed by atoms with E-state index >= 15 is 0 Å². The SMILES string of the molecule is O=C(CCCCP(=O)(O)CCCc1ccccc1)OCc1ccccc1.O=[PH](O)CCCc1ccccc1. The fourth-order valence-corrected chi connectivity index (χ4v) is 5.89. The Bertz CT molecular complexity index is 1110. The van der Waals surface area contributed by atoms with Crippen molar-refractivity contribution < 1.29 is 28.4 Å². The number of esters is 1. The highest BCUT2D eigenvalue weighted by atomic mass is 31.2. The van der Waals surface area contributed by atoms with Gasteiger partial charge >= 0.3 is 5.97 Å². The number of hydrogen-bond donors (Lipinski definition) is 2. The molecular weight excluding hydrogens is 518 g/mol. The van der Waals surface area contributed by atoms with Gasteiger partial charge in [-0.15, -0.1) is 0 Å². The largest absolute Gasteiger partial charge is 0.461 e. The molecule has 0 fully saturated rings. The second-order valence-corrected chi connectivity index (χ2v) is 13.1. The Labute approximate surface area is 227 Å². The maximum Gasteiger partial charge on any atom is 0.306 e. The highest BCUT2D eigenvalue weighted by Crippen LogP contribution is 2.42. The zero-order valence-corrected chi connectivity index (χ0v) is 23.8. The molecule has 206 valence electrons. The van der Waals surface area contributed by atoms with E-state index in [1.54, 1.807) is 0 Å². The van der Waals surface area contributed by atoms with Gasteiger partial charge in [0.25, 0.3) is 0 Å². The van der Waals surface area contributed by atoms with Crippen LogP contribution in [-0.4, -0.2) is 34.2 Å². The van der Waals surface area contributed by atoms with Gasteiger partial charge in [0.05, 0.1) is 0 Å². The molecule has 38 heavy (non-hydrogen) atoms. The molecule has 0 aliphatic rings. The number of ether oxygens (including phenoxy) is 1. The van der Waals surface area contributed by atoms with E-state index in [1.807, 2.05) is 91.0 Å². The maximum absolute atomic E-state index is 12.2. The van der Waals surface area contributed by atoms with Crippen molar-refractivity contribution in [2.75, 3.05) is 18.5 Å². The highest BCUT2D eigenvalue weighted by molar-refractivity contribution is 7.57. The van der Waals surface area contributed by atoms with Crippen LogP contribution in [0.3, 0.4) is 0 Å². The fraction of sp³-hybridized carbons (Fsp3) is 0.367. The fourth-order valence-electron chi connectivity index (χ4n) is 3.81. The van der Waals surface area contributed by atoms with Crippen molar-refractivity contribution in [1.82, 2.24) is 0 Å². The minimum Gasteiger partial charge on any atom is -0.461 e. The average Bonchev–Trinajstić information content (AvgIpc) is 2.92. The molecule has 3 aromatic rings. The second kappa shape index (κ2) is 18.7. The lowest BCUT2D eigenvalue weighted by atomic mass is 10.1. The van der Waals surface area contributed by atoms with Crippen LogP contribution in [-0.2, 0) is 38.1 Å². The zero-order valence-electron chi connectivity index (χ0n) is 21.9. The van der Waals surface area contributed by atoms with Crippen LogP contribution in [0, 0.1) is 0 Å². The molecule has 6 nitrogen and oxygen atoms in total. The summed E-state index contributed by atoms with van der Waals surface area (Å²) in [6, 6.07) is 29.5. The molecule has 2 unspecified atom stereocenters. The number of benzene rings is 3. The molecular formula is C30H40O6P2. The lowest BCUT2D eigenvalue weighted by molar-refractivity contribution is -0.145. The van der Waals surface area contributed by atoms with E-state index in [1.165, 1.54) is 11.1 Å². The summed E-state index contributed by atoms with van der Waals surface area (Å²) < 4.78 is 27.8. The molecule has 0 saturated heterocycles. The minimum atomic E-state index is -3.10. The van der Waals surface area contributed by atoms with Gasteiger partial charge in [0, 0.05) is 24.9 Å². The van der Waals surface area contributed by atoms with Crippen molar-refractivity contribution >= 4 is 21.4 Å². The smallest absolute Gasteiger partial charge is 0.306 e. The van der Waals surface area contributed by atoms with E-state index in [0.717, 1.165) is 24.8 Å². The first-order chi connectivity index (χ1) is 18.3. The minimum absolute atomic E-state index is 0.259. The van der Waals surface area contributed by atoms with Gasteiger partial charge in [0.2, 0.25) is 7.37 Å². The zero-order chi connectivity index (χ0) is 27.5. The lowest BCUT2D eigenvalue weighted by Gasteiger charge is -2.11. The van der Waals surface area contributed by atoms with Crippen molar-refractivity contribution in [2.45, 2.75) is 51.6 Å². The van der Waals surface area contributed by atoms with Crippen LogP contribution in [0.2, 0.25) is 0 Å². The normalized spacial score (nSPS) is 13.0. The Balaban J connectivity index is 0.000000352. The lowest BCUT2D eigenvalue weighted by Crippen LogP contribution is -2.05. The van der Waals surface area contributed by atoms with Gasteiger partial charge in [-0.05, 0) is 55.2 Å². The van der Waals surface area contributed by atoms with Gasteiger partial charge in [-0.25, -0.2) is 0 Å². The summed E-state index contributed by atoms with van der Waals surface area (Å²) in [4.78, 5) is 30.3. The molecule has 0 aromatic heterocycles. The first kappa shape index (κ1) is 31.7. The first-order valence-electron chi connectivity index (χ1n) is 13.1. The average molecular weight is 559 g/mol. The van der Waals surface area contributed by atoms with Crippen molar-refractivity contribution in [2.24, 2.45) is 0 Å². The summed E-state index contributed by atoms with van der Waals surface area (Å²) in [6.45, 7) is 0.275. The van der Waals surface area contributed by atoms with Gasteiger partial charge in [-0.1, -0.05) is 91.0 Å². The summed E-state index contributed by atoms with van der Waals surface area (Å²) >= 11 is 0. The number of carbonyl (C=O) groups is 1. The molecule has 2 N–H and O–H groups in total. The maximum atomic E-state index is 12.2. The summed E-state index contributed by atoms with van der Waals surface area (Å²) in [5.41, 5.74) is 3.38. The Morgan fingerprint density at radius 2 is 1.18 bits per heavy atom. The predicted octanol–water partition coefficient (Wildman–Crippen LogP) is 6.89. The Morgan fingerprint density at radius 1 is 0.711 bits per heavy atom. The molecule has 0 bridgehead atoms. The van der Waals surface area contributed by atoms with Gasteiger partial charge < -0.3 is 14.5 Å². The highest BCUT2D eigenvalue weighted by Gasteiger charge is 2.17. The third-order valence-electron chi connectivity index (χ3n) is 5.90. The van der Waals surface area contributed by atoms with Crippen molar-refractivity contribution in [3.8, 4) is 0 Å². The van der Waals surface area contributed by atoms with Crippen molar-refractivity contribution in [3.63, 3.8) is 0 Å². The summed E-state index contributed by atoms with van der Waals surface area (Å²) in [5.74, 6) is -0.259. The van der Waals surface area contributed by atoms with E-state index in [9.17, 15) is 18.8 Å². The molecule has 0 saturated carbocycles. The van der Waals surface area contributed by atoms with Crippen molar-refractivity contribution in [1.29, 1.82) is 0 Å². The van der Waals surface area contributed by atoms with Crippen LogP contribution in [0.15, 0.2) is 91.0 Å². The topological polar surface area (TPSA) is 101 Å². The van der Waals surface area contributed by atoms with E-state index in [2.05, 4.69) is 0 Å². The van der Waals surface area contributed by atoms with Gasteiger partial charge in [0.15, 0.2) is 8.03 Å². The number of carbonyl (C=O) groups excluding carboxylic acids is 1. The van der Waals surface area contributed by atoms with Crippen LogP contribution < -0.4 is 0 Å². The molecule has 3 aromatic carbocycles. The standard InChI is InChI=1S/C21H27O4P.C9H13O2P/c22-21(25-18-20-12-5-2-6-13-20)15-7-8-16-26(23,24)17-9-14-19-10-3-1-4-11-19;10-12(11)8-4-7-9-5-2-1-3-6-9/h1-6,10-13H,7-9,14-18H2,(H,23,24);1-3,5-6,12H,4,7-8H2,(H,10,11). The number of aryl methyl sites for hydroxylation is 2. The number of hydrogen-bond acceptors (Lipinski definition) is 4. The molecule has 0 heterocycles. The molecule has 0 amide bonds. The van der Waals surface area contributed by atoms with E-state index in [-0.39, 0.29) is 25.2 Å². The van der Waals surface area contributed by atoms with E-state index in [0.29, 0.717) is 31.6 Å². The van der Waals surface area contributed by atoms with Crippen LogP contribution in [0.4, 0.5) is 0 Å². The Hall–Kier alpha value is -2.49. The van der Waals surface area contributed by atoms with Crippen LogP contribution in [0.5, 0.6) is 0 Å². The first-order valence-corrected chi connectivity index (χ1v) is 16.7. The van der Waals surface area contributed by atoms with Gasteiger partial charge in [0.1, 0.15) is 6.61 Å². The third-order valence-corrected chi connectivity index (χ3v) is 8.71. The number of rotatable bonds is 15. The second-order valence-electron chi connectivity index (χ2n) is 9.22. The summed E-state index contributed by atoms with van der Waals surface area (Å²) in [5, 5.41) is 0. The monoisotopic (exact) mass is 558 g/mol. The number of unbranched alkanes of at least 4 members (excludes halogenated alkanes) is 1. The molecule has 3 rings (SSSR count). The predicted molar refractivity (Wildman–Crippen MR) is 155 cm³/mol. The van der Waals surface area contributed by atoms with E-state index < -0.39 is 15.4 Å². The Morgan fingerprint density at radius 3 is 1.71 bits per heavy atom. The molecule has 0 radical (unpaired) electrons. The van der Waals surface area contributed by atoms with Crippen LogP contribution >= 0.6 is 15.4 Å². The quantitative estimate of drug-likeness (QED) is 0.120. The third kappa shape index (κ3) is 15.7. The van der Waals surface area contributed by atoms with Crippen molar-refractivity contribution in [3.05, 3.63) is 108 Å². The Kier molecular flexibility index (Phi) is 15.6. The molecule has 2 atom stereocenters. The van der Waals surface area contributed by atoms with Crippen LogP contribution in [0.25, 0.3) is 0 Å². The summed E-state index contributed by atoms with van der Waals surface area (Å²) in [7, 11) is -5.36. The van der Waals surface area contributed by atoms with Gasteiger partial charge in [-0.3, -0.25) is 13.9 Å².